The molecular weight excluding hydrogens is 329 g/mol. The monoisotopic (exact) mass is 341 g/mol. The Labute approximate surface area is 120 Å². The highest BCUT2D eigenvalue weighted by Crippen LogP contribution is 2.30. The summed E-state index contributed by atoms with van der Waals surface area (Å²) >= 11 is 3.48. The van der Waals surface area contributed by atoms with Crippen molar-refractivity contribution in [2.24, 2.45) is 5.73 Å². The molecule has 1 heterocycles. The van der Waals surface area contributed by atoms with Crippen molar-refractivity contribution in [3.63, 3.8) is 0 Å². The zero-order valence-corrected chi connectivity index (χ0v) is 12.0. The average molecular weight is 343 g/mol. The maximum Gasteiger partial charge on any atom is 0.0712 e. The van der Waals surface area contributed by atoms with Crippen molar-refractivity contribution in [1.29, 1.82) is 0 Å². The molecule has 0 aliphatic heterocycles. The molecule has 1 unspecified atom stereocenters. The van der Waals surface area contributed by atoms with Gasteiger partial charge < -0.3 is 15.9 Å². The van der Waals surface area contributed by atoms with E-state index in [2.05, 4.69) is 26.4 Å². The first-order valence-electron chi connectivity index (χ1n) is 4.63. The highest BCUT2D eigenvalue weighted by atomic mass is 79.9. The van der Waals surface area contributed by atoms with Gasteiger partial charge in [0.25, 0.3) is 0 Å². The fourth-order valence-corrected chi connectivity index (χ4v) is 2.28. The number of H-pyrrole nitrogens is 1. The summed E-state index contributed by atoms with van der Waals surface area (Å²) in [6.07, 6.45) is 1.86. The number of hydrogen-bond acceptors (Lipinski definition) is 3. The van der Waals surface area contributed by atoms with Crippen LogP contribution >= 0.6 is 40.7 Å². The first-order chi connectivity index (χ1) is 7.27. The van der Waals surface area contributed by atoms with E-state index in [1.54, 1.807) is 0 Å². The molecule has 1 aromatic heterocycles. The smallest absolute Gasteiger partial charge is 0.0712 e. The van der Waals surface area contributed by atoms with Gasteiger partial charge >= 0.3 is 0 Å². The van der Waals surface area contributed by atoms with Gasteiger partial charge in [0.05, 0.1) is 6.04 Å². The molecule has 0 amide bonds. The van der Waals surface area contributed by atoms with Crippen molar-refractivity contribution in [1.82, 2.24) is 10.5 Å². The van der Waals surface area contributed by atoms with Gasteiger partial charge in [-0.3, -0.25) is 0 Å². The van der Waals surface area contributed by atoms with Crippen LogP contribution in [0.15, 0.2) is 28.9 Å². The molecule has 0 radical (unpaired) electrons. The fraction of sp³-hybridized carbons (Fsp3) is 0.200. The van der Waals surface area contributed by atoms with Gasteiger partial charge in [-0.05, 0) is 17.7 Å². The third-order valence-corrected chi connectivity index (χ3v) is 3.11. The third kappa shape index (κ3) is 3.13. The Morgan fingerprint density at radius 1 is 1.41 bits per heavy atom. The number of fused-ring (bicyclic) bond motifs is 1. The molecule has 4 nitrogen and oxygen atoms in total. The number of benzene rings is 1. The number of hydrogen-bond donors (Lipinski definition) is 4. The molecule has 0 aliphatic carbocycles. The zero-order valence-electron chi connectivity index (χ0n) is 8.81. The predicted molar refractivity (Wildman–Crippen MR) is 77.2 cm³/mol. The van der Waals surface area contributed by atoms with E-state index < -0.39 is 0 Å². The normalized spacial score (nSPS) is 11.7. The van der Waals surface area contributed by atoms with E-state index in [1.165, 1.54) is 0 Å². The van der Waals surface area contributed by atoms with E-state index in [0.29, 0.717) is 6.54 Å². The van der Waals surface area contributed by atoms with Gasteiger partial charge in [0.2, 0.25) is 0 Å². The van der Waals surface area contributed by atoms with Crippen LogP contribution in [0.2, 0.25) is 0 Å². The lowest BCUT2D eigenvalue weighted by molar-refractivity contribution is 0.129. The van der Waals surface area contributed by atoms with E-state index in [1.807, 2.05) is 24.4 Å². The number of nitrogens with one attached hydrogen (secondary N) is 2. The molecule has 0 spiro atoms. The predicted octanol–water partition coefficient (Wildman–Crippen LogP) is 2.75. The topological polar surface area (TPSA) is 74.1 Å². The molecular formula is C10H14BrCl2N3O. The van der Waals surface area contributed by atoms with Gasteiger partial charge in [-0.2, -0.15) is 5.48 Å². The third-order valence-electron chi connectivity index (χ3n) is 2.45. The lowest BCUT2D eigenvalue weighted by Gasteiger charge is -2.11. The molecule has 0 aliphatic rings. The molecule has 0 saturated heterocycles. The number of halogens is 3. The molecule has 7 heteroatoms. The van der Waals surface area contributed by atoms with Crippen LogP contribution in [-0.4, -0.2) is 16.7 Å². The Kier molecular flexibility index (Phi) is 7.08. The van der Waals surface area contributed by atoms with Gasteiger partial charge in [0.15, 0.2) is 0 Å². The van der Waals surface area contributed by atoms with Crippen LogP contribution in [0.4, 0.5) is 0 Å². The summed E-state index contributed by atoms with van der Waals surface area (Å²) in [6, 6.07) is 5.65. The summed E-state index contributed by atoms with van der Waals surface area (Å²) < 4.78 is 0.991. The first-order valence-corrected chi connectivity index (χ1v) is 5.42. The standard InChI is InChI=1S/C10H12BrN3O.2ClH/c11-7-2-1-3-8-10(7)6(5-13-8)9(4-12)14-15;;/h1-3,5,9,13-15H,4,12H2;2*1H. The maximum absolute atomic E-state index is 8.99. The summed E-state index contributed by atoms with van der Waals surface area (Å²) in [4.78, 5) is 3.14. The number of aromatic nitrogens is 1. The van der Waals surface area contributed by atoms with Crippen LogP contribution in [0.25, 0.3) is 10.9 Å². The van der Waals surface area contributed by atoms with Crippen molar-refractivity contribution < 1.29 is 5.21 Å². The molecule has 1 atom stereocenters. The van der Waals surface area contributed by atoms with E-state index >= 15 is 0 Å². The second kappa shape index (κ2) is 7.20. The van der Waals surface area contributed by atoms with Crippen LogP contribution in [-0.2, 0) is 0 Å². The van der Waals surface area contributed by atoms with Gasteiger partial charge in [-0.1, -0.05) is 22.0 Å². The van der Waals surface area contributed by atoms with Gasteiger partial charge in [-0.15, -0.1) is 24.8 Å². The van der Waals surface area contributed by atoms with Crippen LogP contribution in [0.3, 0.4) is 0 Å². The zero-order chi connectivity index (χ0) is 10.8. The van der Waals surface area contributed by atoms with Crippen molar-refractivity contribution in [2.75, 3.05) is 6.54 Å². The van der Waals surface area contributed by atoms with Gasteiger partial charge in [-0.25, -0.2) is 0 Å². The van der Waals surface area contributed by atoms with Gasteiger partial charge in [0.1, 0.15) is 0 Å². The lowest BCUT2D eigenvalue weighted by atomic mass is 10.1. The number of rotatable bonds is 3. The van der Waals surface area contributed by atoms with E-state index in [0.717, 1.165) is 20.9 Å². The SMILES string of the molecule is Cl.Cl.NCC(NO)c1c[nH]c2cccc(Br)c12. The Hall–Kier alpha value is -0.300. The van der Waals surface area contributed by atoms with Crippen molar-refractivity contribution in [3.05, 3.63) is 34.4 Å². The summed E-state index contributed by atoms with van der Waals surface area (Å²) in [6.45, 7) is 0.338. The Bertz CT molecular complexity index is 474. The van der Waals surface area contributed by atoms with Crippen LogP contribution in [0, 0.1) is 0 Å². The van der Waals surface area contributed by atoms with Crippen LogP contribution in [0.1, 0.15) is 11.6 Å². The van der Waals surface area contributed by atoms with Gasteiger partial charge in [0, 0.05) is 28.1 Å². The quantitative estimate of drug-likeness (QED) is 0.648. The summed E-state index contributed by atoms with van der Waals surface area (Å²) in [7, 11) is 0. The first kappa shape index (κ1) is 16.7. The molecule has 0 fully saturated rings. The molecule has 96 valence electrons. The number of nitrogens with two attached hydrogens (primary N) is 1. The molecule has 5 N–H and O–H groups in total. The van der Waals surface area contributed by atoms with Crippen LogP contribution in [0.5, 0.6) is 0 Å². The summed E-state index contributed by atoms with van der Waals surface area (Å²) in [5, 5.41) is 10.0. The van der Waals surface area contributed by atoms with E-state index in [9.17, 15) is 0 Å². The largest absolute Gasteiger partial charge is 0.361 e. The Balaban J connectivity index is 0.00000128. The summed E-state index contributed by atoms with van der Waals surface area (Å²) in [5.41, 5.74) is 9.75. The maximum atomic E-state index is 8.99. The van der Waals surface area contributed by atoms with Crippen molar-refractivity contribution >= 4 is 51.6 Å². The summed E-state index contributed by atoms with van der Waals surface area (Å²) in [5.74, 6) is 0. The second-order valence-electron chi connectivity index (χ2n) is 3.32. The van der Waals surface area contributed by atoms with Crippen molar-refractivity contribution in [2.45, 2.75) is 6.04 Å². The van der Waals surface area contributed by atoms with E-state index in [-0.39, 0.29) is 30.9 Å². The molecule has 17 heavy (non-hydrogen) atoms. The highest BCUT2D eigenvalue weighted by Gasteiger charge is 2.14. The molecule has 0 saturated carbocycles. The second-order valence-corrected chi connectivity index (χ2v) is 4.18. The number of hydroxylamine groups is 1. The van der Waals surface area contributed by atoms with Crippen LogP contribution < -0.4 is 11.2 Å². The lowest BCUT2D eigenvalue weighted by Crippen LogP contribution is -2.25. The Morgan fingerprint density at radius 3 is 2.71 bits per heavy atom. The molecule has 2 aromatic rings. The molecule has 0 bridgehead atoms. The Morgan fingerprint density at radius 2 is 2.12 bits per heavy atom. The molecule has 1 aromatic carbocycles. The average Bonchev–Trinajstić information content (AvgIpc) is 2.66. The minimum atomic E-state index is -0.252. The number of aromatic amines is 1. The minimum absolute atomic E-state index is 0. The van der Waals surface area contributed by atoms with Crippen molar-refractivity contribution in [3.8, 4) is 0 Å². The minimum Gasteiger partial charge on any atom is -0.361 e. The fourth-order valence-electron chi connectivity index (χ4n) is 1.69. The molecule has 2 rings (SSSR count). The van der Waals surface area contributed by atoms with E-state index in [4.69, 9.17) is 10.9 Å². The highest BCUT2D eigenvalue weighted by molar-refractivity contribution is 9.10.